The number of nitrogens with one attached hydrogen (secondary N) is 1. The van der Waals surface area contributed by atoms with Gasteiger partial charge < -0.3 is 9.84 Å². The minimum Gasteiger partial charge on any atom is -0.378 e. The van der Waals surface area contributed by atoms with Crippen molar-refractivity contribution in [3.8, 4) is 0 Å². The van der Waals surface area contributed by atoms with Crippen molar-refractivity contribution in [2.45, 2.75) is 13.5 Å². The van der Waals surface area contributed by atoms with Gasteiger partial charge in [0.15, 0.2) is 0 Å². The lowest BCUT2D eigenvalue weighted by atomic mass is 10.2. The first-order valence-electron chi connectivity index (χ1n) is 4.65. The molecule has 1 aromatic heterocycles. The quantitative estimate of drug-likeness (QED) is 0.839. The minimum atomic E-state index is -0.258. The van der Waals surface area contributed by atoms with Crippen molar-refractivity contribution < 1.29 is 8.91 Å². The van der Waals surface area contributed by atoms with Crippen molar-refractivity contribution in [1.82, 2.24) is 5.16 Å². The van der Waals surface area contributed by atoms with Crippen molar-refractivity contribution >= 4 is 5.69 Å². The van der Waals surface area contributed by atoms with Gasteiger partial charge in [-0.3, -0.25) is 0 Å². The van der Waals surface area contributed by atoms with E-state index in [-0.39, 0.29) is 5.82 Å². The molecular weight excluding hydrogens is 195 g/mol. The summed E-state index contributed by atoms with van der Waals surface area (Å²) in [7, 11) is 0. The number of aryl methyl sites for hydroxylation is 1. The Morgan fingerprint density at radius 2 is 2.20 bits per heavy atom. The predicted molar refractivity (Wildman–Crippen MR) is 55.0 cm³/mol. The van der Waals surface area contributed by atoms with Crippen LogP contribution in [0.1, 0.15) is 11.3 Å². The third-order valence-corrected chi connectivity index (χ3v) is 2.19. The molecule has 0 fully saturated rings. The number of rotatable bonds is 3. The smallest absolute Gasteiger partial charge is 0.146 e. The summed E-state index contributed by atoms with van der Waals surface area (Å²) in [6, 6.07) is 6.55. The van der Waals surface area contributed by atoms with Crippen LogP contribution in [0.2, 0.25) is 0 Å². The topological polar surface area (TPSA) is 38.1 Å². The second kappa shape index (κ2) is 4.13. The van der Waals surface area contributed by atoms with Gasteiger partial charge in [0.1, 0.15) is 12.1 Å². The van der Waals surface area contributed by atoms with Crippen LogP contribution < -0.4 is 5.32 Å². The van der Waals surface area contributed by atoms with Gasteiger partial charge in [0.05, 0.1) is 11.4 Å². The third kappa shape index (κ3) is 2.15. The van der Waals surface area contributed by atoms with E-state index in [2.05, 4.69) is 10.5 Å². The van der Waals surface area contributed by atoms with Gasteiger partial charge in [-0.05, 0) is 19.1 Å². The highest BCUT2D eigenvalue weighted by atomic mass is 19.1. The number of anilines is 1. The molecule has 2 rings (SSSR count). The van der Waals surface area contributed by atoms with Gasteiger partial charge in [-0.2, -0.15) is 0 Å². The molecule has 78 valence electrons. The summed E-state index contributed by atoms with van der Waals surface area (Å²) in [6.07, 6.45) is 1.56. The third-order valence-electron chi connectivity index (χ3n) is 2.19. The lowest BCUT2D eigenvalue weighted by Gasteiger charge is -2.05. The van der Waals surface area contributed by atoms with E-state index in [0.717, 1.165) is 11.3 Å². The van der Waals surface area contributed by atoms with E-state index in [9.17, 15) is 4.39 Å². The molecule has 0 saturated carbocycles. The Hall–Kier alpha value is -1.84. The fourth-order valence-corrected chi connectivity index (χ4v) is 1.28. The van der Waals surface area contributed by atoms with Gasteiger partial charge in [0.25, 0.3) is 0 Å². The lowest BCUT2D eigenvalue weighted by Crippen LogP contribution is -2.01. The molecule has 15 heavy (non-hydrogen) atoms. The molecule has 1 N–H and O–H groups in total. The molecule has 2 aromatic rings. The first kappa shape index (κ1) is 9.71. The van der Waals surface area contributed by atoms with Crippen LogP contribution in [-0.2, 0) is 6.54 Å². The number of nitrogens with zero attached hydrogens (tertiary/aromatic N) is 1. The molecule has 0 spiro atoms. The van der Waals surface area contributed by atoms with Crippen LogP contribution >= 0.6 is 0 Å². The second-order valence-corrected chi connectivity index (χ2v) is 3.26. The Kier molecular flexibility index (Phi) is 2.67. The summed E-state index contributed by atoms with van der Waals surface area (Å²) in [5.41, 5.74) is 2.23. The maximum Gasteiger partial charge on any atom is 0.146 e. The van der Waals surface area contributed by atoms with E-state index in [1.807, 2.05) is 6.92 Å². The first-order valence-corrected chi connectivity index (χ1v) is 4.65. The van der Waals surface area contributed by atoms with Crippen LogP contribution in [0.3, 0.4) is 0 Å². The average Bonchev–Trinajstić information content (AvgIpc) is 2.63. The highest BCUT2D eigenvalue weighted by Crippen LogP contribution is 2.14. The fourth-order valence-electron chi connectivity index (χ4n) is 1.28. The zero-order chi connectivity index (χ0) is 10.7. The zero-order valence-electron chi connectivity index (χ0n) is 8.33. The molecule has 0 aliphatic heterocycles. The van der Waals surface area contributed by atoms with Gasteiger partial charge in [0, 0.05) is 12.1 Å². The largest absolute Gasteiger partial charge is 0.378 e. The molecule has 0 bridgehead atoms. The number of hydrogen-bond acceptors (Lipinski definition) is 3. The predicted octanol–water partition coefficient (Wildman–Crippen LogP) is 2.73. The molecule has 1 aromatic carbocycles. The summed E-state index contributed by atoms with van der Waals surface area (Å²) < 4.78 is 18.0. The van der Waals surface area contributed by atoms with E-state index in [1.54, 1.807) is 24.5 Å². The molecule has 4 heteroatoms. The van der Waals surface area contributed by atoms with Crippen molar-refractivity contribution in [1.29, 1.82) is 0 Å². The standard InChI is InChI=1S/C11H11FN2O/c1-8-9(7-15-14-8)6-13-11-5-3-2-4-10(11)12/h2-5,7,13H,6H2,1H3. The maximum atomic E-state index is 13.2. The van der Waals surface area contributed by atoms with Crippen LogP contribution in [-0.4, -0.2) is 5.16 Å². The number of para-hydroxylation sites is 1. The van der Waals surface area contributed by atoms with Gasteiger partial charge in [-0.15, -0.1) is 0 Å². The van der Waals surface area contributed by atoms with Gasteiger partial charge in [0.2, 0.25) is 0 Å². The average molecular weight is 206 g/mol. The van der Waals surface area contributed by atoms with Crippen LogP contribution in [0.4, 0.5) is 10.1 Å². The van der Waals surface area contributed by atoms with E-state index in [4.69, 9.17) is 4.52 Å². The van der Waals surface area contributed by atoms with Crippen molar-refractivity contribution in [3.63, 3.8) is 0 Å². The first-order chi connectivity index (χ1) is 7.27. The molecule has 0 saturated heterocycles. The highest BCUT2D eigenvalue weighted by Gasteiger charge is 2.04. The second-order valence-electron chi connectivity index (χ2n) is 3.26. The van der Waals surface area contributed by atoms with Gasteiger partial charge >= 0.3 is 0 Å². The van der Waals surface area contributed by atoms with Gasteiger partial charge in [-0.1, -0.05) is 17.3 Å². The Morgan fingerprint density at radius 3 is 2.87 bits per heavy atom. The molecule has 0 unspecified atom stereocenters. The summed E-state index contributed by atoms with van der Waals surface area (Å²) in [5.74, 6) is -0.258. The summed E-state index contributed by atoms with van der Waals surface area (Å²) in [6.45, 7) is 2.36. The molecular formula is C11H11FN2O. The van der Waals surface area contributed by atoms with E-state index < -0.39 is 0 Å². The fraction of sp³-hybridized carbons (Fsp3) is 0.182. The molecule has 0 radical (unpaired) electrons. The lowest BCUT2D eigenvalue weighted by molar-refractivity contribution is 0.414. The Morgan fingerprint density at radius 1 is 1.40 bits per heavy atom. The molecule has 0 aliphatic rings. The van der Waals surface area contributed by atoms with Crippen LogP contribution in [0.5, 0.6) is 0 Å². The van der Waals surface area contributed by atoms with Crippen LogP contribution in [0, 0.1) is 12.7 Å². The number of benzene rings is 1. The number of halogens is 1. The molecule has 0 atom stereocenters. The van der Waals surface area contributed by atoms with E-state index in [1.165, 1.54) is 6.07 Å². The normalized spacial score (nSPS) is 10.3. The van der Waals surface area contributed by atoms with Crippen molar-refractivity contribution in [3.05, 3.63) is 47.6 Å². The molecule has 0 aliphatic carbocycles. The number of aromatic nitrogens is 1. The molecule has 1 heterocycles. The van der Waals surface area contributed by atoms with Crippen molar-refractivity contribution in [2.24, 2.45) is 0 Å². The Bertz CT molecular complexity index is 453. The minimum absolute atomic E-state index is 0.258. The maximum absolute atomic E-state index is 13.2. The summed E-state index contributed by atoms with van der Waals surface area (Å²) >= 11 is 0. The monoisotopic (exact) mass is 206 g/mol. The highest BCUT2D eigenvalue weighted by molar-refractivity contribution is 5.44. The van der Waals surface area contributed by atoms with Gasteiger partial charge in [-0.25, -0.2) is 4.39 Å². The number of hydrogen-bond donors (Lipinski definition) is 1. The van der Waals surface area contributed by atoms with Crippen LogP contribution in [0.15, 0.2) is 35.1 Å². The van der Waals surface area contributed by atoms with Crippen LogP contribution in [0.25, 0.3) is 0 Å². The SMILES string of the molecule is Cc1nocc1CNc1ccccc1F. The Labute approximate surface area is 86.9 Å². The summed E-state index contributed by atoms with van der Waals surface area (Å²) in [5, 5.41) is 6.72. The summed E-state index contributed by atoms with van der Waals surface area (Å²) in [4.78, 5) is 0. The molecule has 3 nitrogen and oxygen atoms in total. The van der Waals surface area contributed by atoms with Crippen molar-refractivity contribution in [2.75, 3.05) is 5.32 Å². The molecule has 0 amide bonds. The van der Waals surface area contributed by atoms with E-state index in [0.29, 0.717) is 12.2 Å². The van der Waals surface area contributed by atoms with E-state index >= 15 is 0 Å². The zero-order valence-corrected chi connectivity index (χ0v) is 8.33. The Balaban J connectivity index is 2.06.